The van der Waals surface area contributed by atoms with Crippen LogP contribution < -0.4 is 4.74 Å². The monoisotopic (exact) mass is 477 g/mol. The highest BCUT2D eigenvalue weighted by molar-refractivity contribution is 6.34. The number of fused-ring (bicyclic) bond motifs is 1. The molecule has 9 heteroatoms. The van der Waals surface area contributed by atoms with Gasteiger partial charge in [0.05, 0.1) is 11.3 Å². The first-order valence-corrected chi connectivity index (χ1v) is 11.9. The number of rotatable bonds is 8. The minimum Gasteiger partial charge on any atom is -0.492 e. The zero-order chi connectivity index (χ0) is 22.7. The van der Waals surface area contributed by atoms with Crippen LogP contribution in [0.15, 0.2) is 18.5 Å². The molecule has 2 aromatic heterocycles. The molecular formula is C23H29Cl2N5O2. The van der Waals surface area contributed by atoms with Crippen molar-refractivity contribution in [3.63, 3.8) is 0 Å². The Balaban J connectivity index is 1.69. The van der Waals surface area contributed by atoms with Gasteiger partial charge in [0.1, 0.15) is 29.8 Å². The van der Waals surface area contributed by atoms with Gasteiger partial charge in [0, 0.05) is 18.7 Å². The summed E-state index contributed by atoms with van der Waals surface area (Å²) in [6.07, 6.45) is 4.74. The van der Waals surface area contributed by atoms with Gasteiger partial charge in [-0.25, -0.2) is 9.97 Å². The first-order chi connectivity index (χ1) is 15.5. The third-order valence-corrected chi connectivity index (χ3v) is 6.42. The van der Waals surface area contributed by atoms with Crippen LogP contribution in [0.1, 0.15) is 44.9 Å². The van der Waals surface area contributed by atoms with Gasteiger partial charge in [0.25, 0.3) is 0 Å². The highest BCUT2D eigenvalue weighted by atomic mass is 35.5. The number of likely N-dealkylation sites (N-methyl/N-ethyl adjacent to an activating group) is 1. The number of benzene rings is 1. The van der Waals surface area contributed by atoms with Crippen molar-refractivity contribution in [3.8, 4) is 17.0 Å². The Morgan fingerprint density at radius 2 is 2.00 bits per heavy atom. The molecule has 4 rings (SSSR count). The fraction of sp³-hybridized carbons (Fsp3) is 0.522. The lowest BCUT2D eigenvalue weighted by atomic mass is 10.1. The number of hydrogen-bond acceptors (Lipinski definition) is 6. The number of halogens is 2. The van der Waals surface area contributed by atoms with E-state index in [1.165, 1.54) is 0 Å². The molecule has 0 amide bonds. The summed E-state index contributed by atoms with van der Waals surface area (Å²) in [5.74, 6) is 0.773. The van der Waals surface area contributed by atoms with Crippen molar-refractivity contribution in [2.45, 2.75) is 46.3 Å². The number of aromatic nitrogens is 4. The lowest BCUT2D eigenvalue weighted by molar-refractivity contribution is -0.0298. The standard InChI is InChI=1S/C23H29Cl2N5O2/c1-4-29(5-2)9-11-31-18-13-16(17(24)12-15(18)3)20-21-22(28-23(25)27-20)30(14-26-21)19-8-6-7-10-32-19/h12-14,19H,4-11H2,1-3H3. The summed E-state index contributed by atoms with van der Waals surface area (Å²) >= 11 is 13.0. The van der Waals surface area contributed by atoms with Gasteiger partial charge >= 0.3 is 0 Å². The second-order valence-corrected chi connectivity index (χ2v) is 8.70. The van der Waals surface area contributed by atoms with E-state index in [0.717, 1.165) is 62.4 Å². The summed E-state index contributed by atoms with van der Waals surface area (Å²) in [7, 11) is 0. The minimum absolute atomic E-state index is 0.0972. The normalized spacial score (nSPS) is 16.8. The Bertz CT molecular complexity index is 1080. The van der Waals surface area contributed by atoms with E-state index >= 15 is 0 Å². The van der Waals surface area contributed by atoms with Crippen molar-refractivity contribution in [2.24, 2.45) is 0 Å². The number of ether oxygens (including phenoxy) is 2. The van der Waals surface area contributed by atoms with Crippen molar-refractivity contribution in [1.29, 1.82) is 0 Å². The van der Waals surface area contributed by atoms with Gasteiger partial charge in [-0.05, 0) is 68.6 Å². The number of hydrogen-bond donors (Lipinski definition) is 0. The average Bonchev–Trinajstić information content (AvgIpc) is 3.22. The van der Waals surface area contributed by atoms with E-state index in [-0.39, 0.29) is 11.5 Å². The Morgan fingerprint density at radius 1 is 1.19 bits per heavy atom. The largest absolute Gasteiger partial charge is 0.492 e. The van der Waals surface area contributed by atoms with Crippen molar-refractivity contribution in [2.75, 3.05) is 32.8 Å². The molecule has 7 nitrogen and oxygen atoms in total. The number of imidazole rings is 1. The number of nitrogens with zero attached hydrogens (tertiary/aromatic N) is 5. The molecule has 1 aromatic carbocycles. The molecule has 3 heterocycles. The molecule has 1 unspecified atom stereocenters. The molecule has 3 aromatic rings. The van der Waals surface area contributed by atoms with Crippen molar-refractivity contribution >= 4 is 34.4 Å². The first kappa shape index (κ1) is 23.2. The number of aryl methyl sites for hydroxylation is 1. The molecule has 1 aliphatic rings. The average molecular weight is 478 g/mol. The molecule has 0 radical (unpaired) electrons. The van der Waals surface area contributed by atoms with E-state index in [9.17, 15) is 0 Å². The molecule has 1 atom stereocenters. The molecule has 0 spiro atoms. The zero-order valence-electron chi connectivity index (χ0n) is 18.8. The molecular weight excluding hydrogens is 449 g/mol. The lowest BCUT2D eigenvalue weighted by Gasteiger charge is -2.23. The van der Waals surface area contributed by atoms with E-state index in [0.29, 0.717) is 28.5 Å². The SMILES string of the molecule is CCN(CC)CCOc1cc(-c2nc(Cl)nc3c2ncn3C2CCCCO2)c(Cl)cc1C. The first-order valence-electron chi connectivity index (χ1n) is 11.2. The fourth-order valence-electron chi connectivity index (χ4n) is 4.05. The summed E-state index contributed by atoms with van der Waals surface area (Å²) in [5.41, 5.74) is 3.57. The van der Waals surface area contributed by atoms with Crippen LogP contribution in [0, 0.1) is 6.92 Å². The van der Waals surface area contributed by atoms with Crippen LogP contribution in [0.2, 0.25) is 10.3 Å². The van der Waals surface area contributed by atoms with Crippen LogP contribution in [0.3, 0.4) is 0 Å². The highest BCUT2D eigenvalue weighted by Crippen LogP contribution is 2.37. The van der Waals surface area contributed by atoms with Gasteiger partial charge in [-0.2, -0.15) is 4.98 Å². The Hall–Kier alpha value is -1.93. The van der Waals surface area contributed by atoms with Crippen LogP contribution in [0.4, 0.5) is 0 Å². The Kier molecular flexibility index (Phi) is 7.51. The van der Waals surface area contributed by atoms with Gasteiger partial charge in [-0.15, -0.1) is 0 Å². The quantitative estimate of drug-likeness (QED) is 0.397. The molecule has 0 saturated carbocycles. The molecule has 1 saturated heterocycles. The molecule has 0 aliphatic carbocycles. The predicted molar refractivity (Wildman–Crippen MR) is 128 cm³/mol. The van der Waals surface area contributed by atoms with Gasteiger partial charge < -0.3 is 14.4 Å². The second-order valence-electron chi connectivity index (χ2n) is 7.96. The van der Waals surface area contributed by atoms with Crippen LogP contribution in [0.25, 0.3) is 22.4 Å². The van der Waals surface area contributed by atoms with Gasteiger partial charge in [0.15, 0.2) is 5.65 Å². The molecule has 172 valence electrons. The Morgan fingerprint density at radius 3 is 2.72 bits per heavy atom. The molecule has 0 N–H and O–H groups in total. The topological polar surface area (TPSA) is 65.3 Å². The van der Waals surface area contributed by atoms with E-state index < -0.39 is 0 Å². The molecule has 1 fully saturated rings. The van der Waals surface area contributed by atoms with Crippen molar-refractivity contribution in [1.82, 2.24) is 24.4 Å². The van der Waals surface area contributed by atoms with Gasteiger partial charge in [0.2, 0.25) is 5.28 Å². The summed E-state index contributed by atoms with van der Waals surface area (Å²) in [6.45, 7) is 10.5. The summed E-state index contributed by atoms with van der Waals surface area (Å²) < 4.78 is 14.0. The molecule has 0 bridgehead atoms. The lowest BCUT2D eigenvalue weighted by Crippen LogP contribution is -2.28. The van der Waals surface area contributed by atoms with E-state index in [1.54, 1.807) is 6.33 Å². The van der Waals surface area contributed by atoms with Crippen LogP contribution >= 0.6 is 23.2 Å². The van der Waals surface area contributed by atoms with E-state index in [4.69, 9.17) is 32.7 Å². The van der Waals surface area contributed by atoms with Crippen LogP contribution in [0.5, 0.6) is 5.75 Å². The minimum atomic E-state index is -0.0972. The molecule has 32 heavy (non-hydrogen) atoms. The van der Waals surface area contributed by atoms with Gasteiger partial charge in [-0.1, -0.05) is 25.4 Å². The van der Waals surface area contributed by atoms with Crippen LogP contribution in [-0.2, 0) is 4.74 Å². The summed E-state index contributed by atoms with van der Waals surface area (Å²) in [4.78, 5) is 15.9. The van der Waals surface area contributed by atoms with Crippen LogP contribution in [-0.4, -0.2) is 57.3 Å². The molecule has 1 aliphatic heterocycles. The Labute approximate surface area is 198 Å². The van der Waals surface area contributed by atoms with E-state index in [2.05, 4.69) is 33.7 Å². The predicted octanol–water partition coefficient (Wildman–Crippen LogP) is 5.53. The van der Waals surface area contributed by atoms with Crippen molar-refractivity contribution < 1.29 is 9.47 Å². The van der Waals surface area contributed by atoms with E-state index in [1.807, 2.05) is 23.6 Å². The maximum atomic E-state index is 6.65. The summed E-state index contributed by atoms with van der Waals surface area (Å²) in [6, 6.07) is 3.82. The van der Waals surface area contributed by atoms with Crippen molar-refractivity contribution in [3.05, 3.63) is 34.3 Å². The fourth-order valence-corrected chi connectivity index (χ4v) is 4.52. The van der Waals surface area contributed by atoms with Gasteiger partial charge in [-0.3, -0.25) is 4.57 Å². The maximum Gasteiger partial charge on any atom is 0.225 e. The smallest absolute Gasteiger partial charge is 0.225 e. The maximum absolute atomic E-state index is 6.65. The third kappa shape index (κ3) is 4.86. The highest BCUT2D eigenvalue weighted by Gasteiger charge is 2.23. The third-order valence-electron chi connectivity index (χ3n) is 5.94. The summed E-state index contributed by atoms with van der Waals surface area (Å²) in [5, 5.41) is 0.712. The second kappa shape index (κ2) is 10.3. The zero-order valence-corrected chi connectivity index (χ0v) is 20.3.